The molecule has 18 heavy (non-hydrogen) atoms. The summed E-state index contributed by atoms with van der Waals surface area (Å²) in [6.45, 7) is 1.97. The Morgan fingerprint density at radius 2 is 1.33 bits per heavy atom. The number of thiocarbonyl (C=S) groups is 1. The Hall–Kier alpha value is -1.87. The number of hydrogen-bond donors (Lipinski definition) is 1. The summed E-state index contributed by atoms with van der Waals surface area (Å²) in [6, 6.07) is 19.8. The minimum atomic E-state index is -0.658. The van der Waals surface area contributed by atoms with E-state index in [0.717, 1.165) is 11.1 Å². The summed E-state index contributed by atoms with van der Waals surface area (Å²) in [5.41, 5.74) is 6.94. The molecular weight excluding hydrogens is 242 g/mol. The second-order valence-corrected chi connectivity index (χ2v) is 4.59. The van der Waals surface area contributed by atoms with E-state index in [1.807, 2.05) is 67.6 Å². The first-order chi connectivity index (χ1) is 8.63. The first-order valence-corrected chi connectivity index (χ1v) is 6.13. The van der Waals surface area contributed by atoms with Gasteiger partial charge in [-0.25, -0.2) is 0 Å². The quantitative estimate of drug-likeness (QED) is 0.858. The molecule has 0 aliphatic heterocycles. The average Bonchev–Trinajstić information content (AvgIpc) is 2.40. The first-order valence-electron chi connectivity index (χ1n) is 5.72. The fourth-order valence-electron chi connectivity index (χ4n) is 2.00. The van der Waals surface area contributed by atoms with Crippen LogP contribution in [0, 0.1) is 0 Å². The van der Waals surface area contributed by atoms with Crippen molar-refractivity contribution in [3.05, 3.63) is 71.8 Å². The third-order valence-corrected chi connectivity index (χ3v) is 3.04. The Kier molecular flexibility index (Phi) is 3.63. The molecule has 0 amide bonds. The van der Waals surface area contributed by atoms with Gasteiger partial charge in [0.25, 0.3) is 5.17 Å². The Morgan fingerprint density at radius 1 is 0.944 bits per heavy atom. The van der Waals surface area contributed by atoms with Gasteiger partial charge in [0.15, 0.2) is 5.60 Å². The van der Waals surface area contributed by atoms with Crippen LogP contribution in [0.4, 0.5) is 0 Å². The molecule has 0 aliphatic carbocycles. The van der Waals surface area contributed by atoms with Crippen LogP contribution >= 0.6 is 12.2 Å². The van der Waals surface area contributed by atoms with E-state index in [0.29, 0.717) is 0 Å². The lowest BCUT2D eigenvalue weighted by molar-refractivity contribution is 0.120. The third-order valence-electron chi connectivity index (χ3n) is 2.95. The van der Waals surface area contributed by atoms with Gasteiger partial charge in [-0.3, -0.25) is 0 Å². The van der Waals surface area contributed by atoms with E-state index in [2.05, 4.69) is 0 Å². The van der Waals surface area contributed by atoms with Crippen LogP contribution in [0.2, 0.25) is 0 Å². The van der Waals surface area contributed by atoms with Gasteiger partial charge in [-0.15, -0.1) is 0 Å². The van der Waals surface area contributed by atoms with E-state index >= 15 is 0 Å². The lowest BCUT2D eigenvalue weighted by atomic mass is 9.88. The molecule has 0 atom stereocenters. The molecular formula is C15H15NOS. The number of hydrogen-bond acceptors (Lipinski definition) is 2. The van der Waals surface area contributed by atoms with E-state index in [4.69, 9.17) is 22.7 Å². The van der Waals surface area contributed by atoms with E-state index in [1.165, 1.54) is 0 Å². The molecule has 0 unspecified atom stereocenters. The molecule has 0 radical (unpaired) electrons. The summed E-state index contributed by atoms with van der Waals surface area (Å²) in [6.07, 6.45) is 0. The second kappa shape index (κ2) is 5.19. The molecule has 3 heteroatoms. The van der Waals surface area contributed by atoms with Crippen molar-refractivity contribution in [3.8, 4) is 0 Å². The van der Waals surface area contributed by atoms with Gasteiger partial charge in [-0.05, 0) is 30.3 Å². The zero-order valence-corrected chi connectivity index (χ0v) is 11.0. The van der Waals surface area contributed by atoms with Crippen molar-refractivity contribution in [1.82, 2.24) is 0 Å². The van der Waals surface area contributed by atoms with Crippen LogP contribution in [0.1, 0.15) is 18.1 Å². The fourth-order valence-corrected chi connectivity index (χ4v) is 2.16. The molecule has 2 N–H and O–H groups in total. The summed E-state index contributed by atoms with van der Waals surface area (Å²) < 4.78 is 5.72. The van der Waals surface area contributed by atoms with Gasteiger partial charge in [0.2, 0.25) is 0 Å². The Labute approximate surface area is 112 Å². The summed E-state index contributed by atoms with van der Waals surface area (Å²) in [7, 11) is 0. The van der Waals surface area contributed by atoms with Gasteiger partial charge >= 0.3 is 0 Å². The van der Waals surface area contributed by atoms with Crippen molar-refractivity contribution in [1.29, 1.82) is 0 Å². The second-order valence-electron chi connectivity index (χ2n) is 4.19. The summed E-state index contributed by atoms with van der Waals surface area (Å²) in [5, 5.41) is 0.0465. The normalized spacial score (nSPS) is 10.9. The molecule has 2 rings (SSSR count). The molecule has 0 spiro atoms. The fraction of sp³-hybridized carbons (Fsp3) is 0.133. The molecule has 2 aromatic carbocycles. The SMILES string of the molecule is CC(OC(N)=S)(c1ccccc1)c1ccccc1. The molecule has 0 heterocycles. The Morgan fingerprint density at radius 3 is 1.67 bits per heavy atom. The van der Waals surface area contributed by atoms with Crippen molar-refractivity contribution in [2.75, 3.05) is 0 Å². The Bertz CT molecular complexity index is 485. The molecule has 92 valence electrons. The maximum atomic E-state index is 5.72. The van der Waals surface area contributed by atoms with Crippen molar-refractivity contribution in [3.63, 3.8) is 0 Å². The van der Waals surface area contributed by atoms with Crippen molar-refractivity contribution in [2.45, 2.75) is 12.5 Å². The van der Waals surface area contributed by atoms with Crippen molar-refractivity contribution in [2.24, 2.45) is 5.73 Å². The zero-order valence-electron chi connectivity index (χ0n) is 10.2. The largest absolute Gasteiger partial charge is 0.455 e. The maximum Gasteiger partial charge on any atom is 0.255 e. The van der Waals surface area contributed by atoms with Gasteiger partial charge in [0.1, 0.15) is 0 Å². The van der Waals surface area contributed by atoms with Crippen molar-refractivity contribution >= 4 is 17.4 Å². The van der Waals surface area contributed by atoms with Crippen LogP contribution in [-0.2, 0) is 10.3 Å². The highest BCUT2D eigenvalue weighted by atomic mass is 32.1. The van der Waals surface area contributed by atoms with Gasteiger partial charge in [0.05, 0.1) is 0 Å². The van der Waals surface area contributed by atoms with Crippen LogP contribution in [0.5, 0.6) is 0 Å². The first kappa shape index (κ1) is 12.6. The molecule has 0 fully saturated rings. The van der Waals surface area contributed by atoms with Gasteiger partial charge < -0.3 is 10.5 Å². The zero-order chi connectivity index (χ0) is 13.0. The predicted molar refractivity (Wildman–Crippen MR) is 77.2 cm³/mol. The average molecular weight is 257 g/mol. The summed E-state index contributed by atoms with van der Waals surface area (Å²) >= 11 is 4.90. The number of rotatable bonds is 3. The smallest absolute Gasteiger partial charge is 0.255 e. The monoisotopic (exact) mass is 257 g/mol. The van der Waals surface area contributed by atoms with Crippen LogP contribution < -0.4 is 5.73 Å². The predicted octanol–water partition coefficient (Wildman–Crippen LogP) is 3.21. The highest BCUT2D eigenvalue weighted by Crippen LogP contribution is 2.32. The molecule has 2 aromatic rings. The van der Waals surface area contributed by atoms with E-state index < -0.39 is 5.60 Å². The van der Waals surface area contributed by atoms with E-state index in [-0.39, 0.29) is 5.17 Å². The molecule has 0 saturated heterocycles. The van der Waals surface area contributed by atoms with Crippen molar-refractivity contribution < 1.29 is 4.74 Å². The lowest BCUT2D eigenvalue weighted by Gasteiger charge is -2.30. The highest BCUT2D eigenvalue weighted by Gasteiger charge is 2.31. The number of ether oxygens (including phenoxy) is 1. The van der Waals surface area contributed by atoms with Crippen LogP contribution in [-0.4, -0.2) is 5.17 Å². The lowest BCUT2D eigenvalue weighted by Crippen LogP contribution is -2.32. The summed E-state index contributed by atoms with van der Waals surface area (Å²) in [4.78, 5) is 0. The van der Waals surface area contributed by atoms with E-state index in [9.17, 15) is 0 Å². The standard InChI is InChI=1S/C15H15NOS/c1-15(17-14(16)18,12-8-4-2-5-9-12)13-10-6-3-7-11-13/h2-11H,1H3,(H2,16,18). The number of nitrogens with two attached hydrogens (primary N) is 1. The molecule has 0 saturated carbocycles. The van der Waals surface area contributed by atoms with Crippen LogP contribution in [0.3, 0.4) is 0 Å². The minimum Gasteiger partial charge on any atom is -0.455 e. The van der Waals surface area contributed by atoms with Gasteiger partial charge in [0, 0.05) is 0 Å². The third kappa shape index (κ3) is 2.51. The molecule has 0 aromatic heterocycles. The molecule has 2 nitrogen and oxygen atoms in total. The minimum absolute atomic E-state index is 0.0465. The van der Waals surface area contributed by atoms with E-state index in [1.54, 1.807) is 0 Å². The van der Waals surface area contributed by atoms with Crippen LogP contribution in [0.25, 0.3) is 0 Å². The maximum absolute atomic E-state index is 5.72. The summed E-state index contributed by atoms with van der Waals surface area (Å²) in [5.74, 6) is 0. The Balaban J connectivity index is 2.51. The van der Waals surface area contributed by atoms with Crippen LogP contribution in [0.15, 0.2) is 60.7 Å². The highest BCUT2D eigenvalue weighted by molar-refractivity contribution is 7.80. The topological polar surface area (TPSA) is 35.2 Å². The molecule has 0 aliphatic rings. The van der Waals surface area contributed by atoms with Gasteiger partial charge in [-0.2, -0.15) is 0 Å². The molecule has 0 bridgehead atoms. The number of benzene rings is 2. The van der Waals surface area contributed by atoms with Gasteiger partial charge in [-0.1, -0.05) is 60.7 Å².